The Morgan fingerprint density at radius 3 is 2.65 bits per heavy atom. The summed E-state index contributed by atoms with van der Waals surface area (Å²) in [4.78, 5) is 9.98. The summed E-state index contributed by atoms with van der Waals surface area (Å²) in [5, 5.41) is 4.22. The van der Waals surface area contributed by atoms with Crippen molar-refractivity contribution < 1.29 is 0 Å². The molecule has 0 unspecified atom stereocenters. The summed E-state index contributed by atoms with van der Waals surface area (Å²) >= 11 is 5.08. The summed E-state index contributed by atoms with van der Waals surface area (Å²) in [5.74, 6) is 0. The summed E-state index contributed by atoms with van der Waals surface area (Å²) in [5.41, 5.74) is 3.06. The van der Waals surface area contributed by atoms with E-state index in [4.69, 9.17) is 0 Å². The molecule has 0 saturated carbocycles. The fraction of sp³-hybridized carbons (Fsp3) is 0.0667. The second-order valence-electron chi connectivity index (χ2n) is 4.30. The minimum atomic E-state index is 0.892. The molecule has 100 valence electrons. The Balaban J connectivity index is 1.87. The third-order valence-electron chi connectivity index (χ3n) is 2.83. The van der Waals surface area contributed by atoms with Gasteiger partial charge in [-0.3, -0.25) is 4.98 Å². The van der Waals surface area contributed by atoms with Crippen LogP contribution in [0.5, 0.6) is 0 Å². The van der Waals surface area contributed by atoms with Crippen molar-refractivity contribution in [2.75, 3.05) is 5.32 Å². The Labute approximate surface area is 129 Å². The first-order chi connectivity index (χ1) is 9.72. The molecule has 0 atom stereocenters. The molecule has 0 aliphatic heterocycles. The van der Waals surface area contributed by atoms with Crippen LogP contribution in [0, 0.1) is 6.92 Å². The van der Waals surface area contributed by atoms with Crippen LogP contribution >= 0.6 is 27.3 Å². The number of aryl methyl sites for hydroxylation is 1. The fourth-order valence-corrected chi connectivity index (χ4v) is 3.00. The van der Waals surface area contributed by atoms with Crippen LogP contribution in [-0.2, 0) is 0 Å². The lowest BCUT2D eigenvalue weighted by atomic mass is 10.2. The average molecular weight is 346 g/mol. The highest BCUT2D eigenvalue weighted by Crippen LogP contribution is 2.31. The number of hydrogen-bond acceptors (Lipinski definition) is 4. The van der Waals surface area contributed by atoms with Gasteiger partial charge in [-0.05, 0) is 43.3 Å². The van der Waals surface area contributed by atoms with Crippen molar-refractivity contribution in [2.24, 2.45) is 0 Å². The molecule has 0 fully saturated rings. The van der Waals surface area contributed by atoms with Gasteiger partial charge in [-0.15, -0.1) is 11.3 Å². The predicted molar refractivity (Wildman–Crippen MR) is 87.5 cm³/mol. The molecule has 0 bridgehead atoms. The van der Waals surface area contributed by atoms with Crippen molar-refractivity contribution >= 4 is 38.1 Å². The lowest BCUT2D eigenvalue weighted by Crippen LogP contribution is -1.89. The molecule has 3 rings (SSSR count). The fourth-order valence-electron chi connectivity index (χ4n) is 1.88. The van der Waals surface area contributed by atoms with Gasteiger partial charge in [0.2, 0.25) is 0 Å². The number of nitrogens with zero attached hydrogens (tertiary/aromatic N) is 2. The van der Waals surface area contributed by atoms with Crippen LogP contribution in [0.3, 0.4) is 0 Å². The first-order valence-electron chi connectivity index (χ1n) is 6.13. The van der Waals surface area contributed by atoms with Crippen molar-refractivity contribution in [2.45, 2.75) is 6.92 Å². The van der Waals surface area contributed by atoms with Gasteiger partial charge in [-0.1, -0.05) is 15.9 Å². The summed E-state index contributed by atoms with van der Waals surface area (Å²) in [6, 6.07) is 12.0. The molecule has 2 aromatic heterocycles. The monoisotopic (exact) mass is 345 g/mol. The van der Waals surface area contributed by atoms with Gasteiger partial charge >= 0.3 is 0 Å². The van der Waals surface area contributed by atoms with E-state index < -0.39 is 0 Å². The van der Waals surface area contributed by atoms with Crippen molar-refractivity contribution in [1.82, 2.24) is 9.97 Å². The second kappa shape index (κ2) is 5.73. The standard InChI is InChI=1S/C15H12BrN3S/c1-10-14(11-3-2-8-17-9-11)19-15(20-10)18-13-6-4-12(16)5-7-13/h2-9H,1H3,(H,18,19). The number of pyridine rings is 1. The van der Waals surface area contributed by atoms with Crippen LogP contribution in [0.4, 0.5) is 10.8 Å². The first kappa shape index (κ1) is 13.3. The third-order valence-corrected chi connectivity index (χ3v) is 4.24. The first-order valence-corrected chi connectivity index (χ1v) is 7.74. The average Bonchev–Trinajstić information content (AvgIpc) is 2.83. The zero-order valence-corrected chi connectivity index (χ0v) is 13.2. The molecule has 2 heterocycles. The van der Waals surface area contributed by atoms with Crippen molar-refractivity contribution in [3.63, 3.8) is 0 Å². The van der Waals surface area contributed by atoms with E-state index in [1.54, 1.807) is 17.5 Å². The van der Waals surface area contributed by atoms with E-state index in [0.29, 0.717) is 0 Å². The lowest BCUT2D eigenvalue weighted by Gasteiger charge is -2.01. The molecule has 3 aromatic rings. The smallest absolute Gasteiger partial charge is 0.187 e. The van der Waals surface area contributed by atoms with Crippen molar-refractivity contribution in [3.8, 4) is 11.3 Å². The highest BCUT2D eigenvalue weighted by atomic mass is 79.9. The van der Waals surface area contributed by atoms with Gasteiger partial charge < -0.3 is 5.32 Å². The number of aromatic nitrogens is 2. The zero-order valence-electron chi connectivity index (χ0n) is 10.8. The Hall–Kier alpha value is -1.72. The lowest BCUT2D eigenvalue weighted by molar-refractivity contribution is 1.29. The highest BCUT2D eigenvalue weighted by molar-refractivity contribution is 9.10. The van der Waals surface area contributed by atoms with Gasteiger partial charge in [0.15, 0.2) is 5.13 Å². The van der Waals surface area contributed by atoms with Crippen LogP contribution in [0.15, 0.2) is 53.3 Å². The molecular formula is C15H12BrN3S. The number of benzene rings is 1. The molecule has 1 N–H and O–H groups in total. The van der Waals surface area contributed by atoms with Crippen molar-refractivity contribution in [1.29, 1.82) is 0 Å². The normalized spacial score (nSPS) is 10.5. The largest absolute Gasteiger partial charge is 0.332 e. The van der Waals surface area contributed by atoms with E-state index in [1.165, 1.54) is 4.88 Å². The minimum Gasteiger partial charge on any atom is -0.332 e. The van der Waals surface area contributed by atoms with Crippen LogP contribution < -0.4 is 5.32 Å². The van der Waals surface area contributed by atoms with Crippen LogP contribution in [0.1, 0.15) is 4.88 Å². The number of thiazole rings is 1. The molecule has 0 saturated heterocycles. The molecule has 3 nitrogen and oxygen atoms in total. The quantitative estimate of drug-likeness (QED) is 0.724. The molecule has 0 spiro atoms. The third kappa shape index (κ3) is 2.89. The van der Waals surface area contributed by atoms with Crippen LogP contribution in [0.25, 0.3) is 11.3 Å². The molecule has 0 amide bonds. The van der Waals surface area contributed by atoms with E-state index in [2.05, 4.69) is 38.1 Å². The van der Waals surface area contributed by atoms with Gasteiger partial charge in [-0.2, -0.15) is 0 Å². The Kier molecular flexibility index (Phi) is 3.80. The van der Waals surface area contributed by atoms with E-state index in [0.717, 1.165) is 26.5 Å². The predicted octanol–water partition coefficient (Wildman–Crippen LogP) is 5.02. The number of halogens is 1. The topological polar surface area (TPSA) is 37.8 Å². The molecular weight excluding hydrogens is 334 g/mol. The van der Waals surface area contributed by atoms with Gasteiger partial charge in [0.25, 0.3) is 0 Å². The van der Waals surface area contributed by atoms with Crippen LogP contribution in [-0.4, -0.2) is 9.97 Å². The molecule has 0 radical (unpaired) electrons. The van der Waals surface area contributed by atoms with E-state index in [-0.39, 0.29) is 0 Å². The number of nitrogens with one attached hydrogen (secondary N) is 1. The molecule has 0 aliphatic rings. The summed E-state index contributed by atoms with van der Waals surface area (Å²) in [6.07, 6.45) is 3.61. The second-order valence-corrected chi connectivity index (χ2v) is 6.42. The summed E-state index contributed by atoms with van der Waals surface area (Å²) in [6.45, 7) is 2.08. The Bertz CT molecular complexity index is 708. The van der Waals surface area contributed by atoms with E-state index >= 15 is 0 Å². The maximum absolute atomic E-state index is 4.65. The summed E-state index contributed by atoms with van der Waals surface area (Å²) < 4.78 is 1.06. The molecule has 5 heteroatoms. The SMILES string of the molecule is Cc1sc(Nc2ccc(Br)cc2)nc1-c1cccnc1. The zero-order chi connectivity index (χ0) is 13.9. The summed E-state index contributed by atoms with van der Waals surface area (Å²) in [7, 11) is 0. The Morgan fingerprint density at radius 2 is 1.95 bits per heavy atom. The molecule has 1 aromatic carbocycles. The van der Waals surface area contributed by atoms with Crippen LogP contribution in [0.2, 0.25) is 0 Å². The minimum absolute atomic E-state index is 0.892. The van der Waals surface area contributed by atoms with E-state index in [9.17, 15) is 0 Å². The molecule has 0 aliphatic carbocycles. The van der Waals surface area contributed by atoms with Gasteiger partial charge in [0.1, 0.15) is 0 Å². The Morgan fingerprint density at radius 1 is 1.15 bits per heavy atom. The van der Waals surface area contributed by atoms with E-state index in [1.807, 2.05) is 42.6 Å². The van der Waals surface area contributed by atoms with Gasteiger partial charge in [0.05, 0.1) is 5.69 Å². The highest BCUT2D eigenvalue weighted by Gasteiger charge is 2.09. The maximum Gasteiger partial charge on any atom is 0.187 e. The number of anilines is 2. The molecule has 20 heavy (non-hydrogen) atoms. The number of rotatable bonds is 3. The maximum atomic E-state index is 4.65. The number of hydrogen-bond donors (Lipinski definition) is 1. The van der Waals surface area contributed by atoms with Crippen molar-refractivity contribution in [3.05, 3.63) is 58.1 Å². The van der Waals surface area contributed by atoms with Gasteiger partial charge in [0, 0.05) is 33.0 Å². The van der Waals surface area contributed by atoms with Gasteiger partial charge in [-0.25, -0.2) is 4.98 Å².